The third-order valence-corrected chi connectivity index (χ3v) is 4.24. The van der Waals surface area contributed by atoms with E-state index in [1.54, 1.807) is 18.2 Å². The van der Waals surface area contributed by atoms with Crippen LogP contribution in [0.1, 0.15) is 22.5 Å². The van der Waals surface area contributed by atoms with Gasteiger partial charge in [-0.15, -0.1) is 0 Å². The number of nitrogens with one attached hydrogen (secondary N) is 1. The molecule has 5 heteroatoms. The van der Waals surface area contributed by atoms with E-state index in [1.807, 2.05) is 50.2 Å². The number of aryl methyl sites for hydroxylation is 2. The molecule has 3 rings (SSSR count). The maximum Gasteiger partial charge on any atom is 0.244 e. The molecule has 26 heavy (non-hydrogen) atoms. The highest BCUT2D eigenvalue weighted by Gasteiger charge is 2.06. The van der Waals surface area contributed by atoms with Crippen LogP contribution in [0.5, 0.6) is 0 Å². The van der Waals surface area contributed by atoms with Crippen molar-refractivity contribution < 1.29 is 9.21 Å². The van der Waals surface area contributed by atoms with Crippen molar-refractivity contribution in [3.8, 4) is 11.3 Å². The number of hydrazone groups is 1. The van der Waals surface area contributed by atoms with Crippen LogP contribution in [-0.4, -0.2) is 12.1 Å². The normalized spacial score (nSPS) is 11.0. The van der Waals surface area contributed by atoms with E-state index in [0.29, 0.717) is 23.0 Å². The van der Waals surface area contributed by atoms with Gasteiger partial charge in [0.1, 0.15) is 11.5 Å². The third kappa shape index (κ3) is 4.61. The molecule has 2 aromatic carbocycles. The number of hydrogen-bond donors (Lipinski definition) is 1. The Labute approximate surface area is 157 Å². The average molecular weight is 367 g/mol. The Morgan fingerprint density at radius 1 is 1.12 bits per heavy atom. The summed E-state index contributed by atoms with van der Waals surface area (Å²) in [6.07, 6.45) is 1.78. The van der Waals surface area contributed by atoms with Crippen molar-refractivity contribution in [3.05, 3.63) is 82.1 Å². The molecule has 0 saturated heterocycles. The van der Waals surface area contributed by atoms with E-state index in [9.17, 15) is 4.79 Å². The van der Waals surface area contributed by atoms with Gasteiger partial charge in [-0.3, -0.25) is 4.79 Å². The molecule has 0 bridgehead atoms. The molecule has 3 aromatic rings. The fraction of sp³-hybridized carbons (Fsp3) is 0.143. The molecule has 4 nitrogen and oxygen atoms in total. The van der Waals surface area contributed by atoms with Gasteiger partial charge in [0.05, 0.1) is 12.6 Å². The summed E-state index contributed by atoms with van der Waals surface area (Å²) in [4.78, 5) is 12.1. The standard InChI is InChI=1S/C21H19ClN2O2/c1-14-3-4-15(2)17(11-14)12-21(25)24-23-13-19-9-10-20(26-19)16-5-7-18(22)8-6-16/h3-11,13H,12H2,1-2H3,(H,24,25)/b23-13-. The Hall–Kier alpha value is -2.85. The van der Waals surface area contributed by atoms with Crippen molar-refractivity contribution in [1.29, 1.82) is 0 Å². The van der Waals surface area contributed by atoms with Gasteiger partial charge in [-0.1, -0.05) is 35.4 Å². The smallest absolute Gasteiger partial charge is 0.244 e. The second-order valence-corrected chi connectivity index (χ2v) is 6.55. The summed E-state index contributed by atoms with van der Waals surface area (Å²) < 4.78 is 5.70. The summed E-state index contributed by atoms with van der Waals surface area (Å²) in [5.41, 5.74) is 6.68. The molecule has 1 amide bonds. The molecule has 0 unspecified atom stereocenters. The molecule has 0 aliphatic heterocycles. The minimum Gasteiger partial charge on any atom is -0.455 e. The molecule has 0 aliphatic carbocycles. The van der Waals surface area contributed by atoms with Crippen molar-refractivity contribution in [2.24, 2.45) is 5.10 Å². The van der Waals surface area contributed by atoms with Crippen LogP contribution in [0, 0.1) is 13.8 Å². The van der Waals surface area contributed by atoms with Crippen molar-refractivity contribution in [1.82, 2.24) is 5.43 Å². The molecule has 0 spiro atoms. The van der Waals surface area contributed by atoms with Crippen molar-refractivity contribution in [2.45, 2.75) is 20.3 Å². The maximum absolute atomic E-state index is 12.1. The highest BCUT2D eigenvalue weighted by molar-refractivity contribution is 6.30. The zero-order chi connectivity index (χ0) is 18.5. The molecule has 0 radical (unpaired) electrons. The zero-order valence-electron chi connectivity index (χ0n) is 14.6. The van der Waals surface area contributed by atoms with Gasteiger partial charge in [-0.25, -0.2) is 5.43 Å². The Bertz CT molecular complexity index is 943. The van der Waals surface area contributed by atoms with Crippen LogP contribution in [0.2, 0.25) is 5.02 Å². The predicted molar refractivity (Wildman–Crippen MR) is 105 cm³/mol. The fourth-order valence-electron chi connectivity index (χ4n) is 2.56. The largest absolute Gasteiger partial charge is 0.455 e. The second-order valence-electron chi connectivity index (χ2n) is 6.11. The molecule has 1 heterocycles. The van der Waals surface area contributed by atoms with Gasteiger partial charge in [-0.2, -0.15) is 5.10 Å². The van der Waals surface area contributed by atoms with Crippen LogP contribution in [0.3, 0.4) is 0 Å². The summed E-state index contributed by atoms with van der Waals surface area (Å²) in [6, 6.07) is 17.1. The maximum atomic E-state index is 12.1. The van der Waals surface area contributed by atoms with Gasteiger partial charge < -0.3 is 4.42 Å². The minimum absolute atomic E-state index is 0.167. The quantitative estimate of drug-likeness (QED) is 0.515. The number of nitrogens with zero attached hydrogens (tertiary/aromatic N) is 1. The first-order valence-corrected chi connectivity index (χ1v) is 8.63. The number of rotatable bonds is 5. The molecule has 0 aliphatic rings. The van der Waals surface area contributed by atoms with E-state index in [4.69, 9.17) is 16.0 Å². The van der Waals surface area contributed by atoms with Crippen LogP contribution in [0.25, 0.3) is 11.3 Å². The van der Waals surface area contributed by atoms with Crippen LogP contribution in [0.15, 0.2) is 64.1 Å². The Morgan fingerprint density at radius 3 is 2.65 bits per heavy atom. The summed E-state index contributed by atoms with van der Waals surface area (Å²) in [5, 5.41) is 4.65. The first kappa shape index (κ1) is 18.0. The molecule has 132 valence electrons. The van der Waals surface area contributed by atoms with E-state index in [-0.39, 0.29) is 5.91 Å². The SMILES string of the molecule is Cc1ccc(C)c(CC(=O)N/N=C\c2ccc(-c3ccc(Cl)cc3)o2)c1. The van der Waals surface area contributed by atoms with Crippen LogP contribution in [0.4, 0.5) is 0 Å². The number of benzene rings is 2. The van der Waals surface area contributed by atoms with Gasteiger partial charge in [0.25, 0.3) is 0 Å². The van der Waals surface area contributed by atoms with Gasteiger partial charge in [0.15, 0.2) is 0 Å². The zero-order valence-corrected chi connectivity index (χ0v) is 15.4. The van der Waals surface area contributed by atoms with Crippen molar-refractivity contribution in [2.75, 3.05) is 0 Å². The van der Waals surface area contributed by atoms with E-state index < -0.39 is 0 Å². The first-order valence-electron chi connectivity index (χ1n) is 8.25. The number of hydrogen-bond acceptors (Lipinski definition) is 3. The number of furan rings is 1. The van der Waals surface area contributed by atoms with Gasteiger partial charge in [-0.05, 0) is 61.4 Å². The van der Waals surface area contributed by atoms with Crippen molar-refractivity contribution in [3.63, 3.8) is 0 Å². The highest BCUT2D eigenvalue weighted by atomic mass is 35.5. The lowest BCUT2D eigenvalue weighted by Crippen LogP contribution is -2.20. The summed E-state index contributed by atoms with van der Waals surface area (Å²) in [5.74, 6) is 1.10. The number of carbonyl (C=O) groups excluding carboxylic acids is 1. The predicted octanol–water partition coefficient (Wildman–Crippen LogP) is 4.91. The number of carbonyl (C=O) groups is 1. The van der Waals surface area contributed by atoms with E-state index in [0.717, 1.165) is 22.3 Å². The van der Waals surface area contributed by atoms with Crippen LogP contribution < -0.4 is 5.43 Å². The number of halogens is 1. The molecule has 0 saturated carbocycles. The molecular weight excluding hydrogens is 348 g/mol. The lowest BCUT2D eigenvalue weighted by Gasteiger charge is -2.05. The Kier molecular flexibility index (Phi) is 5.54. The monoisotopic (exact) mass is 366 g/mol. The van der Waals surface area contributed by atoms with Gasteiger partial charge in [0.2, 0.25) is 5.91 Å². The van der Waals surface area contributed by atoms with E-state index in [1.165, 1.54) is 6.21 Å². The second kappa shape index (κ2) is 8.02. The molecule has 0 atom stereocenters. The lowest BCUT2D eigenvalue weighted by atomic mass is 10.0. The van der Waals surface area contributed by atoms with E-state index in [2.05, 4.69) is 10.5 Å². The Balaban J connectivity index is 1.59. The average Bonchev–Trinajstić information content (AvgIpc) is 3.08. The Morgan fingerprint density at radius 2 is 1.88 bits per heavy atom. The van der Waals surface area contributed by atoms with Gasteiger partial charge in [0, 0.05) is 10.6 Å². The molecule has 0 fully saturated rings. The summed E-state index contributed by atoms with van der Waals surface area (Å²) in [6.45, 7) is 4.00. The van der Waals surface area contributed by atoms with Crippen LogP contribution in [-0.2, 0) is 11.2 Å². The molecular formula is C21H19ClN2O2. The van der Waals surface area contributed by atoms with Crippen LogP contribution >= 0.6 is 11.6 Å². The summed E-state index contributed by atoms with van der Waals surface area (Å²) >= 11 is 5.89. The highest BCUT2D eigenvalue weighted by Crippen LogP contribution is 2.23. The van der Waals surface area contributed by atoms with E-state index >= 15 is 0 Å². The van der Waals surface area contributed by atoms with Gasteiger partial charge >= 0.3 is 0 Å². The lowest BCUT2D eigenvalue weighted by molar-refractivity contribution is -0.120. The van der Waals surface area contributed by atoms with Crippen molar-refractivity contribution >= 4 is 23.7 Å². The molecule has 1 N–H and O–H groups in total. The fourth-order valence-corrected chi connectivity index (χ4v) is 2.69. The summed E-state index contributed by atoms with van der Waals surface area (Å²) in [7, 11) is 0. The molecule has 1 aromatic heterocycles. The minimum atomic E-state index is -0.167. The number of amides is 1. The first-order chi connectivity index (χ1) is 12.5. The topological polar surface area (TPSA) is 54.6 Å². The third-order valence-electron chi connectivity index (χ3n) is 3.99.